The first-order chi connectivity index (χ1) is 8.12. The number of carbonyl (C=O) groups excluding carboxylic acids is 1. The smallest absolute Gasteiger partial charge is 0.427 e. The molecule has 0 fully saturated rings. The van der Waals surface area contributed by atoms with E-state index in [0.29, 0.717) is 6.20 Å². The predicted molar refractivity (Wildman–Crippen MR) is 42.5 cm³/mol. The number of ether oxygens (including phenoxy) is 1. The number of hydrogen-bond acceptors (Lipinski definition) is 4. The standard InChI is InChI=1S/C7H5F6N3O2/c1-18-4(17)3-2-14-15-16(3)7(12,13)5(8)6(9,10)11/h2,5H,1H3. The van der Waals surface area contributed by atoms with Crippen LogP contribution >= 0.6 is 0 Å². The van der Waals surface area contributed by atoms with Crippen molar-refractivity contribution in [3.05, 3.63) is 11.9 Å². The van der Waals surface area contributed by atoms with Gasteiger partial charge in [-0.25, -0.2) is 9.18 Å². The Morgan fingerprint density at radius 2 is 1.94 bits per heavy atom. The van der Waals surface area contributed by atoms with E-state index in [1.165, 1.54) is 0 Å². The fourth-order valence-electron chi connectivity index (χ4n) is 1.00. The van der Waals surface area contributed by atoms with Crippen molar-refractivity contribution in [2.75, 3.05) is 7.11 Å². The van der Waals surface area contributed by atoms with Crippen LogP contribution in [0.1, 0.15) is 10.5 Å². The molecule has 11 heteroatoms. The molecule has 0 saturated carbocycles. The lowest BCUT2D eigenvalue weighted by atomic mass is 10.3. The molecular weight excluding hydrogens is 272 g/mol. The van der Waals surface area contributed by atoms with E-state index >= 15 is 0 Å². The highest BCUT2D eigenvalue weighted by molar-refractivity contribution is 5.87. The van der Waals surface area contributed by atoms with Crippen LogP contribution in [0.15, 0.2) is 6.20 Å². The van der Waals surface area contributed by atoms with Gasteiger partial charge in [0.1, 0.15) is 0 Å². The third-order valence-corrected chi connectivity index (χ3v) is 1.82. The van der Waals surface area contributed by atoms with Gasteiger partial charge in [0.15, 0.2) is 5.69 Å². The van der Waals surface area contributed by atoms with Crippen LogP contribution in [0.25, 0.3) is 0 Å². The number of methoxy groups -OCH3 is 1. The van der Waals surface area contributed by atoms with Gasteiger partial charge in [-0.1, -0.05) is 5.21 Å². The Morgan fingerprint density at radius 1 is 1.39 bits per heavy atom. The summed E-state index contributed by atoms with van der Waals surface area (Å²) < 4.78 is 78.1. The highest BCUT2D eigenvalue weighted by Crippen LogP contribution is 2.38. The van der Waals surface area contributed by atoms with E-state index in [9.17, 15) is 31.1 Å². The van der Waals surface area contributed by atoms with Crippen molar-refractivity contribution in [2.24, 2.45) is 0 Å². The largest absolute Gasteiger partial charge is 0.464 e. The van der Waals surface area contributed by atoms with Crippen LogP contribution in [0, 0.1) is 0 Å². The molecule has 0 spiro atoms. The van der Waals surface area contributed by atoms with Crippen molar-refractivity contribution in [3.8, 4) is 0 Å². The molecule has 0 radical (unpaired) electrons. The van der Waals surface area contributed by atoms with Gasteiger partial charge in [-0.15, -0.1) is 5.10 Å². The summed E-state index contributed by atoms with van der Waals surface area (Å²) in [7, 11) is 0.800. The topological polar surface area (TPSA) is 57.0 Å². The zero-order valence-corrected chi connectivity index (χ0v) is 8.58. The summed E-state index contributed by atoms with van der Waals surface area (Å²) in [5.74, 6) is -1.42. The lowest BCUT2D eigenvalue weighted by Crippen LogP contribution is -2.45. The maximum Gasteiger partial charge on any atom is 0.427 e. The summed E-state index contributed by atoms with van der Waals surface area (Å²) in [6.45, 7) is 0. The van der Waals surface area contributed by atoms with Crippen molar-refractivity contribution in [1.29, 1.82) is 0 Å². The molecule has 1 aromatic rings. The number of rotatable bonds is 3. The number of esters is 1. The summed E-state index contributed by atoms with van der Waals surface area (Å²) in [4.78, 5) is 11.0. The second-order valence-electron chi connectivity index (χ2n) is 3.01. The average Bonchev–Trinajstić information content (AvgIpc) is 2.75. The van der Waals surface area contributed by atoms with Crippen LogP contribution in [0.5, 0.6) is 0 Å². The molecule has 0 aromatic carbocycles. The maximum absolute atomic E-state index is 13.2. The number of alkyl halides is 6. The zero-order chi connectivity index (χ0) is 14.1. The first kappa shape index (κ1) is 14.3. The minimum absolute atomic E-state index is 0.433. The van der Waals surface area contributed by atoms with E-state index < -0.39 is 34.7 Å². The second kappa shape index (κ2) is 4.46. The predicted octanol–water partition coefficient (Wildman–Crippen LogP) is 1.51. The van der Waals surface area contributed by atoms with Crippen molar-refractivity contribution in [1.82, 2.24) is 15.0 Å². The van der Waals surface area contributed by atoms with Crippen molar-refractivity contribution >= 4 is 5.97 Å². The fraction of sp³-hybridized carbons (Fsp3) is 0.571. The number of nitrogens with zero attached hydrogens (tertiary/aromatic N) is 3. The van der Waals surface area contributed by atoms with Crippen LogP contribution < -0.4 is 0 Å². The summed E-state index contributed by atoms with van der Waals surface area (Å²) in [6, 6.07) is -5.11. The first-order valence-electron chi connectivity index (χ1n) is 4.20. The van der Waals surface area contributed by atoms with Crippen molar-refractivity contribution in [3.63, 3.8) is 0 Å². The van der Waals surface area contributed by atoms with Crippen molar-refractivity contribution in [2.45, 2.75) is 18.4 Å². The molecule has 18 heavy (non-hydrogen) atoms. The summed E-state index contributed by atoms with van der Waals surface area (Å²) in [5.41, 5.74) is -1.10. The molecule has 1 atom stereocenters. The molecule has 0 aliphatic carbocycles. The average molecular weight is 277 g/mol. The van der Waals surface area contributed by atoms with Gasteiger partial charge in [0.2, 0.25) is 0 Å². The molecule has 0 amide bonds. The second-order valence-corrected chi connectivity index (χ2v) is 3.01. The summed E-state index contributed by atoms with van der Waals surface area (Å²) in [5, 5.41) is 5.39. The molecule has 1 heterocycles. The minimum atomic E-state index is -5.82. The van der Waals surface area contributed by atoms with Gasteiger partial charge < -0.3 is 4.74 Å². The third-order valence-electron chi connectivity index (χ3n) is 1.82. The molecular formula is C7H5F6N3O2. The van der Waals surface area contributed by atoms with Crippen LogP contribution in [0.3, 0.4) is 0 Å². The van der Waals surface area contributed by atoms with Gasteiger partial charge in [-0.3, -0.25) is 0 Å². The molecule has 5 nitrogen and oxygen atoms in total. The van der Waals surface area contributed by atoms with E-state index in [-0.39, 0.29) is 0 Å². The van der Waals surface area contributed by atoms with E-state index in [0.717, 1.165) is 7.11 Å². The third kappa shape index (κ3) is 2.38. The van der Waals surface area contributed by atoms with Crippen LogP contribution in [-0.2, 0) is 10.8 Å². The lowest BCUT2D eigenvalue weighted by Gasteiger charge is -2.22. The van der Waals surface area contributed by atoms with E-state index in [2.05, 4.69) is 15.0 Å². The molecule has 0 bridgehead atoms. The summed E-state index contributed by atoms with van der Waals surface area (Å²) in [6.07, 6.45) is -9.92. The number of hydrogen-bond donors (Lipinski definition) is 0. The number of carbonyl (C=O) groups is 1. The van der Waals surface area contributed by atoms with Gasteiger partial charge >= 0.3 is 18.2 Å². The molecule has 0 aliphatic rings. The fourth-order valence-corrected chi connectivity index (χ4v) is 1.00. The Hall–Kier alpha value is -1.81. The first-order valence-corrected chi connectivity index (χ1v) is 4.20. The van der Waals surface area contributed by atoms with Gasteiger partial charge in [-0.2, -0.15) is 26.6 Å². The maximum atomic E-state index is 13.2. The van der Waals surface area contributed by atoms with Gasteiger partial charge in [0, 0.05) is 0 Å². The Labute approximate surface area is 95.3 Å². The zero-order valence-electron chi connectivity index (χ0n) is 8.58. The molecule has 1 rings (SSSR count). The van der Waals surface area contributed by atoms with Crippen LogP contribution in [0.2, 0.25) is 0 Å². The molecule has 0 N–H and O–H groups in total. The van der Waals surface area contributed by atoms with Gasteiger partial charge in [0.05, 0.1) is 13.3 Å². The molecule has 1 aromatic heterocycles. The monoisotopic (exact) mass is 277 g/mol. The molecule has 0 saturated heterocycles. The van der Waals surface area contributed by atoms with Gasteiger partial charge in [-0.05, 0) is 0 Å². The Morgan fingerprint density at radius 3 is 2.39 bits per heavy atom. The normalized spacial score (nSPS) is 14.4. The number of aromatic nitrogens is 3. The highest BCUT2D eigenvalue weighted by Gasteiger charge is 2.59. The minimum Gasteiger partial charge on any atom is -0.464 e. The Bertz CT molecular complexity index is 443. The molecule has 1 unspecified atom stereocenters. The Kier molecular flexibility index (Phi) is 3.53. The number of halogens is 6. The van der Waals surface area contributed by atoms with Crippen LogP contribution in [0.4, 0.5) is 26.3 Å². The molecule has 0 aliphatic heterocycles. The highest BCUT2D eigenvalue weighted by atomic mass is 19.4. The SMILES string of the molecule is COC(=O)c1cnnn1C(F)(F)C(F)C(F)(F)F. The van der Waals surface area contributed by atoms with E-state index in [1.54, 1.807) is 0 Å². The van der Waals surface area contributed by atoms with E-state index in [1.807, 2.05) is 0 Å². The van der Waals surface area contributed by atoms with Crippen LogP contribution in [-0.4, -0.2) is 40.4 Å². The lowest BCUT2D eigenvalue weighted by molar-refractivity contribution is -0.276. The van der Waals surface area contributed by atoms with Crippen molar-refractivity contribution < 1.29 is 35.9 Å². The Balaban J connectivity index is 3.21. The quantitative estimate of drug-likeness (QED) is 0.620. The summed E-state index contributed by atoms with van der Waals surface area (Å²) >= 11 is 0. The van der Waals surface area contributed by atoms with Gasteiger partial charge in [0.25, 0.3) is 6.17 Å². The molecule has 102 valence electrons. The van der Waals surface area contributed by atoms with E-state index in [4.69, 9.17) is 0 Å².